The van der Waals surface area contributed by atoms with Gasteiger partial charge in [-0.3, -0.25) is 4.79 Å². The van der Waals surface area contributed by atoms with Crippen molar-refractivity contribution < 1.29 is 9.90 Å². The number of aromatic nitrogens is 3. The van der Waals surface area contributed by atoms with E-state index in [1.807, 2.05) is 18.2 Å². The van der Waals surface area contributed by atoms with Crippen molar-refractivity contribution >= 4 is 39.7 Å². The third-order valence-electron chi connectivity index (χ3n) is 4.97. The zero-order valence-corrected chi connectivity index (χ0v) is 16.7. The Kier molecular flexibility index (Phi) is 5.39. The summed E-state index contributed by atoms with van der Waals surface area (Å²) in [4.78, 5) is 15.5. The molecule has 0 amide bonds. The van der Waals surface area contributed by atoms with Crippen molar-refractivity contribution in [3.8, 4) is 0 Å². The van der Waals surface area contributed by atoms with Crippen LogP contribution in [-0.2, 0) is 24.8 Å². The van der Waals surface area contributed by atoms with Crippen LogP contribution in [0.25, 0.3) is 21.9 Å². The summed E-state index contributed by atoms with van der Waals surface area (Å²) in [6.45, 7) is 0.843. The van der Waals surface area contributed by atoms with E-state index in [-0.39, 0.29) is 6.42 Å². The van der Waals surface area contributed by atoms with E-state index in [1.165, 1.54) is 16.5 Å². The fourth-order valence-corrected chi connectivity index (χ4v) is 4.60. The van der Waals surface area contributed by atoms with Gasteiger partial charge in [-0.1, -0.05) is 42.1 Å². The van der Waals surface area contributed by atoms with Crippen LogP contribution in [-0.4, -0.2) is 30.9 Å². The number of imidazole rings is 1. The highest BCUT2D eigenvalue weighted by atomic mass is 32.2. The number of hydrogen-bond acceptors (Lipinski definition) is 3. The second kappa shape index (κ2) is 8.10. The molecule has 2 aromatic heterocycles. The summed E-state index contributed by atoms with van der Waals surface area (Å²) in [6, 6.07) is 16.7. The largest absolute Gasteiger partial charge is 0.481 e. The minimum Gasteiger partial charge on any atom is -0.481 e. The molecular formula is C22H23N3O2S. The van der Waals surface area contributed by atoms with Gasteiger partial charge in [0.1, 0.15) is 0 Å². The molecule has 0 aliphatic heterocycles. The lowest BCUT2D eigenvalue weighted by atomic mass is 10.1. The number of aryl methyl sites for hydroxylation is 3. The Labute approximate surface area is 168 Å². The first kappa shape index (κ1) is 18.6. The summed E-state index contributed by atoms with van der Waals surface area (Å²) in [6.07, 6.45) is 3.98. The molecule has 0 aliphatic rings. The fraction of sp³-hybridized carbons (Fsp3) is 0.273. The highest BCUT2D eigenvalue weighted by Crippen LogP contribution is 2.27. The number of carboxylic acid groups (broad SMARTS) is 1. The van der Waals surface area contributed by atoms with Gasteiger partial charge in [0.25, 0.3) is 0 Å². The van der Waals surface area contributed by atoms with E-state index in [2.05, 4.69) is 52.7 Å². The minimum atomic E-state index is -0.745. The van der Waals surface area contributed by atoms with E-state index in [4.69, 9.17) is 10.1 Å². The number of hydrogen-bond donors (Lipinski definition) is 1. The lowest BCUT2D eigenvalue weighted by molar-refractivity contribution is -0.137. The van der Waals surface area contributed by atoms with E-state index in [0.29, 0.717) is 6.42 Å². The van der Waals surface area contributed by atoms with E-state index in [0.717, 1.165) is 34.9 Å². The highest BCUT2D eigenvalue weighted by Gasteiger charge is 2.13. The van der Waals surface area contributed by atoms with Crippen LogP contribution in [0.5, 0.6) is 0 Å². The molecule has 0 saturated heterocycles. The molecule has 0 bridgehead atoms. The third kappa shape index (κ3) is 3.78. The van der Waals surface area contributed by atoms with Crippen LogP contribution < -0.4 is 0 Å². The molecule has 1 N–H and O–H groups in total. The molecule has 2 heterocycles. The smallest absolute Gasteiger partial charge is 0.303 e. The van der Waals surface area contributed by atoms with Crippen molar-refractivity contribution in [2.75, 3.05) is 5.75 Å². The zero-order chi connectivity index (χ0) is 19.5. The molecule has 28 heavy (non-hydrogen) atoms. The average Bonchev–Trinajstić information content (AvgIpc) is 3.21. The maximum atomic E-state index is 10.8. The summed E-state index contributed by atoms with van der Waals surface area (Å²) >= 11 is 1.64. The molecule has 4 rings (SSSR count). The summed E-state index contributed by atoms with van der Waals surface area (Å²) in [5, 5.41) is 11.1. The maximum Gasteiger partial charge on any atom is 0.303 e. The normalized spacial score (nSPS) is 11.5. The molecule has 0 radical (unpaired) electrons. The number of nitrogens with zero attached hydrogens (tertiary/aromatic N) is 3. The quantitative estimate of drug-likeness (QED) is 0.347. The van der Waals surface area contributed by atoms with E-state index in [9.17, 15) is 4.79 Å². The van der Waals surface area contributed by atoms with Gasteiger partial charge in [0.15, 0.2) is 5.16 Å². The summed E-state index contributed by atoms with van der Waals surface area (Å²) < 4.78 is 4.45. The Balaban J connectivity index is 1.58. The molecule has 0 aliphatic carbocycles. The topological polar surface area (TPSA) is 60.0 Å². The fourth-order valence-electron chi connectivity index (χ4n) is 3.62. The first-order valence-corrected chi connectivity index (χ1v) is 10.4. The SMILES string of the molecule is Cn1cc(CCn2c(SCCCC(=O)O)nc3ccccc32)c2ccccc21. The Morgan fingerprint density at radius 1 is 1.11 bits per heavy atom. The van der Waals surface area contributed by atoms with Crippen molar-refractivity contribution in [2.45, 2.75) is 31.0 Å². The highest BCUT2D eigenvalue weighted by molar-refractivity contribution is 7.99. The van der Waals surface area contributed by atoms with Gasteiger partial charge in [0.2, 0.25) is 0 Å². The van der Waals surface area contributed by atoms with Crippen LogP contribution >= 0.6 is 11.8 Å². The monoisotopic (exact) mass is 393 g/mol. The van der Waals surface area contributed by atoms with Gasteiger partial charge in [0, 0.05) is 42.9 Å². The molecule has 0 atom stereocenters. The van der Waals surface area contributed by atoms with Crippen molar-refractivity contribution in [3.05, 3.63) is 60.3 Å². The van der Waals surface area contributed by atoms with Gasteiger partial charge in [-0.2, -0.15) is 0 Å². The number of carbonyl (C=O) groups is 1. The second-order valence-electron chi connectivity index (χ2n) is 6.91. The number of thioether (sulfide) groups is 1. The van der Waals surface area contributed by atoms with Gasteiger partial charge in [-0.15, -0.1) is 0 Å². The lowest BCUT2D eigenvalue weighted by Gasteiger charge is -2.08. The first-order valence-electron chi connectivity index (χ1n) is 9.46. The maximum absolute atomic E-state index is 10.8. The number of fused-ring (bicyclic) bond motifs is 2. The van der Waals surface area contributed by atoms with E-state index in [1.54, 1.807) is 11.8 Å². The molecule has 6 heteroatoms. The number of rotatable bonds is 8. The van der Waals surface area contributed by atoms with Crippen LogP contribution in [0.2, 0.25) is 0 Å². The van der Waals surface area contributed by atoms with Crippen LogP contribution in [0.1, 0.15) is 18.4 Å². The van der Waals surface area contributed by atoms with E-state index >= 15 is 0 Å². The molecule has 4 aromatic rings. The number of aliphatic carboxylic acids is 1. The standard InChI is InChI=1S/C22H23N3O2S/c1-24-15-16(17-7-2-4-9-19(17)24)12-13-25-20-10-5-3-8-18(20)23-22(25)28-14-6-11-21(26)27/h2-5,7-10,15H,6,11-14H2,1H3,(H,26,27). The molecule has 0 spiro atoms. The van der Waals surface area contributed by atoms with Crippen molar-refractivity contribution in [3.63, 3.8) is 0 Å². The number of carboxylic acids is 1. The first-order chi connectivity index (χ1) is 13.6. The van der Waals surface area contributed by atoms with Gasteiger partial charge < -0.3 is 14.2 Å². The minimum absolute atomic E-state index is 0.198. The third-order valence-corrected chi connectivity index (χ3v) is 6.03. The Hall–Kier alpha value is -2.73. The Morgan fingerprint density at radius 2 is 1.86 bits per heavy atom. The van der Waals surface area contributed by atoms with Gasteiger partial charge in [-0.25, -0.2) is 4.98 Å². The number of para-hydroxylation sites is 3. The second-order valence-corrected chi connectivity index (χ2v) is 7.97. The lowest BCUT2D eigenvalue weighted by Crippen LogP contribution is -2.03. The molecule has 2 aromatic carbocycles. The predicted octanol–water partition coefficient (Wildman–Crippen LogP) is 4.73. The van der Waals surface area contributed by atoms with Gasteiger partial charge in [0.05, 0.1) is 11.0 Å². The molecule has 0 saturated carbocycles. The molecule has 0 unspecified atom stereocenters. The van der Waals surface area contributed by atoms with Crippen molar-refractivity contribution in [2.24, 2.45) is 7.05 Å². The van der Waals surface area contributed by atoms with Crippen LogP contribution in [0, 0.1) is 0 Å². The summed E-state index contributed by atoms with van der Waals surface area (Å²) in [5.41, 5.74) is 4.69. The van der Waals surface area contributed by atoms with E-state index < -0.39 is 5.97 Å². The molecular weight excluding hydrogens is 370 g/mol. The summed E-state index contributed by atoms with van der Waals surface area (Å²) in [5.74, 6) is 0.00854. The Morgan fingerprint density at radius 3 is 2.68 bits per heavy atom. The van der Waals surface area contributed by atoms with Gasteiger partial charge >= 0.3 is 5.97 Å². The van der Waals surface area contributed by atoms with Crippen LogP contribution in [0.3, 0.4) is 0 Å². The number of benzene rings is 2. The molecule has 144 valence electrons. The average molecular weight is 394 g/mol. The van der Waals surface area contributed by atoms with Crippen molar-refractivity contribution in [1.82, 2.24) is 14.1 Å². The zero-order valence-electron chi connectivity index (χ0n) is 15.8. The van der Waals surface area contributed by atoms with Crippen molar-refractivity contribution in [1.29, 1.82) is 0 Å². The van der Waals surface area contributed by atoms with Gasteiger partial charge in [-0.05, 0) is 36.6 Å². The predicted molar refractivity (Wildman–Crippen MR) is 114 cm³/mol. The Bertz CT molecular complexity index is 1130. The molecule has 5 nitrogen and oxygen atoms in total. The summed E-state index contributed by atoms with van der Waals surface area (Å²) in [7, 11) is 2.09. The molecule has 0 fully saturated rings. The van der Waals surface area contributed by atoms with Crippen LogP contribution in [0.15, 0.2) is 59.9 Å². The van der Waals surface area contributed by atoms with Crippen LogP contribution in [0.4, 0.5) is 0 Å².